The Morgan fingerprint density at radius 3 is 2.64 bits per heavy atom. The quantitative estimate of drug-likeness (QED) is 0.838. The Morgan fingerprint density at radius 1 is 1.50 bits per heavy atom. The standard InChI is InChI=1S/C11H16ClNO/c1-7-4-5-10(12)11(14-3)9(7)6-8(2)13/h4-5,8H,6,13H2,1-3H3. The highest BCUT2D eigenvalue weighted by molar-refractivity contribution is 6.32. The molecule has 0 saturated heterocycles. The molecule has 0 aliphatic rings. The van der Waals surface area contributed by atoms with Gasteiger partial charge in [0.05, 0.1) is 12.1 Å². The van der Waals surface area contributed by atoms with Crippen LogP contribution in [0.25, 0.3) is 0 Å². The first-order chi connectivity index (χ1) is 6.56. The first kappa shape index (κ1) is 11.3. The van der Waals surface area contributed by atoms with Crippen molar-refractivity contribution in [3.05, 3.63) is 28.3 Å². The van der Waals surface area contributed by atoms with Gasteiger partial charge in [-0.2, -0.15) is 0 Å². The van der Waals surface area contributed by atoms with Crippen molar-refractivity contribution >= 4 is 11.6 Å². The van der Waals surface area contributed by atoms with Crippen LogP contribution in [0.5, 0.6) is 5.75 Å². The van der Waals surface area contributed by atoms with Crippen LogP contribution in [0.15, 0.2) is 12.1 Å². The maximum atomic E-state index is 6.02. The van der Waals surface area contributed by atoms with E-state index in [1.165, 1.54) is 5.56 Å². The molecule has 78 valence electrons. The molecule has 0 amide bonds. The van der Waals surface area contributed by atoms with Gasteiger partial charge < -0.3 is 10.5 Å². The Hall–Kier alpha value is -0.730. The van der Waals surface area contributed by atoms with Gasteiger partial charge in [0, 0.05) is 11.6 Å². The van der Waals surface area contributed by atoms with Gasteiger partial charge in [0.25, 0.3) is 0 Å². The van der Waals surface area contributed by atoms with Crippen LogP contribution in [0.3, 0.4) is 0 Å². The summed E-state index contributed by atoms with van der Waals surface area (Å²) < 4.78 is 5.27. The molecule has 0 spiro atoms. The van der Waals surface area contributed by atoms with Crippen molar-refractivity contribution in [2.75, 3.05) is 7.11 Å². The van der Waals surface area contributed by atoms with Gasteiger partial charge in [0.2, 0.25) is 0 Å². The lowest BCUT2D eigenvalue weighted by atomic mass is 10.0. The van der Waals surface area contributed by atoms with Gasteiger partial charge >= 0.3 is 0 Å². The number of hydrogen-bond donors (Lipinski definition) is 1. The van der Waals surface area contributed by atoms with E-state index in [4.69, 9.17) is 22.1 Å². The Bertz CT molecular complexity index is 323. The first-order valence-corrected chi connectivity index (χ1v) is 5.01. The summed E-state index contributed by atoms with van der Waals surface area (Å²) in [7, 11) is 1.63. The fraction of sp³-hybridized carbons (Fsp3) is 0.455. The zero-order chi connectivity index (χ0) is 10.7. The minimum Gasteiger partial charge on any atom is -0.495 e. The summed E-state index contributed by atoms with van der Waals surface area (Å²) in [4.78, 5) is 0. The Balaban J connectivity index is 3.16. The van der Waals surface area contributed by atoms with Gasteiger partial charge in [-0.15, -0.1) is 0 Å². The third-order valence-corrected chi connectivity index (χ3v) is 2.47. The van der Waals surface area contributed by atoms with Crippen LogP contribution < -0.4 is 10.5 Å². The SMILES string of the molecule is COc1c(Cl)ccc(C)c1CC(C)N. The number of ether oxygens (including phenoxy) is 1. The molecule has 1 unspecified atom stereocenters. The van der Waals surface area contributed by atoms with E-state index in [1.807, 2.05) is 26.0 Å². The third-order valence-electron chi connectivity index (χ3n) is 2.18. The van der Waals surface area contributed by atoms with Crippen LogP contribution in [-0.2, 0) is 6.42 Å². The van der Waals surface area contributed by atoms with Crippen molar-refractivity contribution in [2.24, 2.45) is 5.73 Å². The Labute approximate surface area is 90.0 Å². The van der Waals surface area contributed by atoms with E-state index in [-0.39, 0.29) is 6.04 Å². The smallest absolute Gasteiger partial charge is 0.140 e. The van der Waals surface area contributed by atoms with Crippen LogP contribution in [0.4, 0.5) is 0 Å². The second kappa shape index (κ2) is 4.67. The van der Waals surface area contributed by atoms with Crippen molar-refractivity contribution in [3.8, 4) is 5.75 Å². The highest BCUT2D eigenvalue weighted by Gasteiger charge is 2.11. The van der Waals surface area contributed by atoms with Gasteiger partial charge in [-0.1, -0.05) is 17.7 Å². The van der Waals surface area contributed by atoms with Crippen LogP contribution in [-0.4, -0.2) is 13.2 Å². The topological polar surface area (TPSA) is 35.2 Å². The molecule has 1 aromatic carbocycles. The average molecular weight is 214 g/mol. The van der Waals surface area contributed by atoms with E-state index in [2.05, 4.69) is 0 Å². The Kier molecular flexibility index (Phi) is 3.78. The number of aryl methyl sites for hydroxylation is 1. The largest absolute Gasteiger partial charge is 0.495 e. The normalized spacial score (nSPS) is 12.6. The number of benzene rings is 1. The molecule has 0 bridgehead atoms. The maximum absolute atomic E-state index is 6.02. The highest BCUT2D eigenvalue weighted by Crippen LogP contribution is 2.31. The first-order valence-electron chi connectivity index (χ1n) is 4.63. The molecule has 2 nitrogen and oxygen atoms in total. The van der Waals surface area contributed by atoms with Crippen LogP contribution in [0.1, 0.15) is 18.1 Å². The maximum Gasteiger partial charge on any atom is 0.140 e. The lowest BCUT2D eigenvalue weighted by Crippen LogP contribution is -2.19. The summed E-state index contributed by atoms with van der Waals surface area (Å²) in [6, 6.07) is 3.95. The van der Waals surface area contributed by atoms with Crippen LogP contribution >= 0.6 is 11.6 Å². The molecular weight excluding hydrogens is 198 g/mol. The zero-order valence-corrected chi connectivity index (χ0v) is 9.56. The van der Waals surface area contributed by atoms with E-state index in [0.29, 0.717) is 5.02 Å². The van der Waals surface area contributed by atoms with Crippen LogP contribution in [0.2, 0.25) is 5.02 Å². The van der Waals surface area contributed by atoms with Crippen LogP contribution in [0, 0.1) is 6.92 Å². The molecule has 14 heavy (non-hydrogen) atoms. The van der Waals surface area contributed by atoms with E-state index in [1.54, 1.807) is 7.11 Å². The summed E-state index contributed by atoms with van der Waals surface area (Å²) in [5.41, 5.74) is 8.04. The average Bonchev–Trinajstić information content (AvgIpc) is 2.11. The number of methoxy groups -OCH3 is 1. The van der Waals surface area contributed by atoms with E-state index < -0.39 is 0 Å². The highest BCUT2D eigenvalue weighted by atomic mass is 35.5. The fourth-order valence-electron chi connectivity index (χ4n) is 1.49. The molecule has 0 saturated carbocycles. The summed E-state index contributed by atoms with van der Waals surface area (Å²) in [6.07, 6.45) is 0.787. The minimum atomic E-state index is 0.112. The molecule has 0 aliphatic carbocycles. The van der Waals surface area contributed by atoms with Gasteiger partial charge in [0.15, 0.2) is 0 Å². The zero-order valence-electron chi connectivity index (χ0n) is 8.80. The molecule has 0 heterocycles. The lowest BCUT2D eigenvalue weighted by Gasteiger charge is -2.14. The number of rotatable bonds is 3. The number of nitrogens with two attached hydrogens (primary N) is 1. The van der Waals surface area contributed by atoms with Gasteiger partial charge in [-0.25, -0.2) is 0 Å². The molecule has 2 N–H and O–H groups in total. The van der Waals surface area contributed by atoms with E-state index in [0.717, 1.165) is 17.7 Å². The molecule has 1 atom stereocenters. The predicted molar refractivity (Wildman–Crippen MR) is 60.1 cm³/mol. The van der Waals surface area contributed by atoms with Gasteiger partial charge in [-0.3, -0.25) is 0 Å². The summed E-state index contributed by atoms with van der Waals surface area (Å²) in [5, 5.41) is 0.647. The summed E-state index contributed by atoms with van der Waals surface area (Å²) in [6.45, 7) is 4.01. The molecule has 0 fully saturated rings. The number of halogens is 1. The van der Waals surface area contributed by atoms with Crippen molar-refractivity contribution in [3.63, 3.8) is 0 Å². The van der Waals surface area contributed by atoms with E-state index >= 15 is 0 Å². The molecular formula is C11H16ClNO. The minimum absolute atomic E-state index is 0.112. The Morgan fingerprint density at radius 2 is 2.14 bits per heavy atom. The fourth-order valence-corrected chi connectivity index (χ4v) is 1.75. The van der Waals surface area contributed by atoms with Gasteiger partial charge in [0.1, 0.15) is 5.75 Å². The van der Waals surface area contributed by atoms with Crippen molar-refractivity contribution in [2.45, 2.75) is 26.3 Å². The van der Waals surface area contributed by atoms with Gasteiger partial charge in [-0.05, 0) is 31.9 Å². The molecule has 1 aromatic rings. The molecule has 0 aromatic heterocycles. The molecule has 0 aliphatic heterocycles. The second-order valence-electron chi connectivity index (χ2n) is 3.56. The lowest BCUT2D eigenvalue weighted by molar-refractivity contribution is 0.408. The van der Waals surface area contributed by atoms with E-state index in [9.17, 15) is 0 Å². The predicted octanol–water partition coefficient (Wildman–Crippen LogP) is 2.55. The molecule has 1 rings (SSSR count). The molecule has 0 radical (unpaired) electrons. The molecule has 3 heteroatoms. The third kappa shape index (κ3) is 2.40. The number of hydrogen-bond acceptors (Lipinski definition) is 2. The monoisotopic (exact) mass is 213 g/mol. The summed E-state index contributed by atoms with van der Waals surface area (Å²) in [5.74, 6) is 0.754. The van der Waals surface area contributed by atoms with Crippen molar-refractivity contribution in [1.82, 2.24) is 0 Å². The summed E-state index contributed by atoms with van der Waals surface area (Å²) >= 11 is 6.02. The second-order valence-corrected chi connectivity index (χ2v) is 3.96. The van der Waals surface area contributed by atoms with Crippen molar-refractivity contribution < 1.29 is 4.74 Å². The van der Waals surface area contributed by atoms with Crippen molar-refractivity contribution in [1.29, 1.82) is 0 Å².